The van der Waals surface area contributed by atoms with Gasteiger partial charge >= 0.3 is 11.9 Å². The number of unbranched alkanes of at least 4 members (excludes halogenated alkanes) is 29. The molecule has 48 heavy (non-hydrogen) atoms. The SMILES string of the molecule is CCCCCCCCC=CCCCCCCCCCC(=O)OCC(CO)OC(=O)CCCCCCCCCCCCCCCCCCC. The molecule has 0 aliphatic heterocycles. The van der Waals surface area contributed by atoms with Crippen LogP contribution in [0.25, 0.3) is 0 Å². The molecule has 0 aromatic rings. The van der Waals surface area contributed by atoms with Gasteiger partial charge in [0, 0.05) is 12.8 Å². The van der Waals surface area contributed by atoms with Crippen LogP contribution in [0.15, 0.2) is 12.2 Å². The van der Waals surface area contributed by atoms with Gasteiger partial charge in [-0.05, 0) is 38.5 Å². The Labute approximate surface area is 299 Å². The minimum absolute atomic E-state index is 0.0620. The first kappa shape index (κ1) is 46.6. The first-order valence-electron chi connectivity index (χ1n) is 21.2. The molecule has 0 saturated carbocycles. The molecule has 0 amide bonds. The molecule has 0 radical (unpaired) electrons. The lowest BCUT2D eigenvalue weighted by atomic mass is 10.0. The van der Waals surface area contributed by atoms with Gasteiger partial charge in [0.25, 0.3) is 0 Å². The maximum atomic E-state index is 12.2. The molecule has 1 N–H and O–H groups in total. The quantitative estimate of drug-likeness (QED) is 0.0398. The Kier molecular flexibility index (Phi) is 38.9. The van der Waals surface area contributed by atoms with Crippen LogP contribution >= 0.6 is 0 Å². The third-order valence-corrected chi connectivity index (χ3v) is 9.56. The highest BCUT2D eigenvalue weighted by atomic mass is 16.6. The van der Waals surface area contributed by atoms with Crippen LogP contribution in [0.3, 0.4) is 0 Å². The zero-order valence-electron chi connectivity index (χ0n) is 32.3. The Balaban J connectivity index is 3.50. The fraction of sp³-hybridized carbons (Fsp3) is 0.907. The van der Waals surface area contributed by atoms with Gasteiger partial charge in [0.2, 0.25) is 0 Å². The van der Waals surface area contributed by atoms with E-state index in [2.05, 4.69) is 26.0 Å². The normalized spacial score (nSPS) is 12.1. The van der Waals surface area contributed by atoms with E-state index in [9.17, 15) is 14.7 Å². The number of allylic oxidation sites excluding steroid dienone is 2. The van der Waals surface area contributed by atoms with Crippen LogP contribution in [0, 0.1) is 0 Å². The summed E-state index contributed by atoms with van der Waals surface area (Å²) in [6.07, 6.45) is 45.6. The molecule has 0 fully saturated rings. The average Bonchev–Trinajstić information content (AvgIpc) is 3.09. The Morgan fingerprint density at radius 2 is 0.771 bits per heavy atom. The van der Waals surface area contributed by atoms with Crippen LogP contribution in [-0.2, 0) is 19.1 Å². The molecule has 1 unspecified atom stereocenters. The summed E-state index contributed by atoms with van der Waals surface area (Å²) >= 11 is 0. The summed E-state index contributed by atoms with van der Waals surface area (Å²) in [5.74, 6) is -0.583. The van der Waals surface area contributed by atoms with Crippen molar-refractivity contribution < 1.29 is 24.2 Å². The van der Waals surface area contributed by atoms with Gasteiger partial charge in [-0.3, -0.25) is 9.59 Å². The van der Waals surface area contributed by atoms with E-state index < -0.39 is 6.10 Å². The number of esters is 2. The zero-order chi connectivity index (χ0) is 35.0. The van der Waals surface area contributed by atoms with E-state index in [0.29, 0.717) is 12.8 Å². The molecule has 5 heteroatoms. The maximum absolute atomic E-state index is 12.2. The number of aliphatic hydroxyl groups is 1. The lowest BCUT2D eigenvalue weighted by Gasteiger charge is -2.15. The molecule has 0 aromatic carbocycles. The summed E-state index contributed by atoms with van der Waals surface area (Å²) in [6, 6.07) is 0. The third-order valence-electron chi connectivity index (χ3n) is 9.56. The Morgan fingerprint density at radius 3 is 1.12 bits per heavy atom. The molecular weight excluding hydrogens is 596 g/mol. The summed E-state index contributed by atoms with van der Waals surface area (Å²) in [6.45, 7) is 4.16. The van der Waals surface area contributed by atoms with Crippen LogP contribution < -0.4 is 0 Å². The van der Waals surface area contributed by atoms with E-state index in [0.717, 1.165) is 38.5 Å². The Morgan fingerprint density at radius 1 is 0.458 bits per heavy atom. The maximum Gasteiger partial charge on any atom is 0.306 e. The number of hydrogen-bond acceptors (Lipinski definition) is 5. The molecule has 0 heterocycles. The van der Waals surface area contributed by atoms with Gasteiger partial charge in [0.15, 0.2) is 6.10 Å². The molecule has 0 aliphatic rings. The molecule has 0 rings (SSSR count). The predicted octanol–water partition coefficient (Wildman–Crippen LogP) is 13.3. The van der Waals surface area contributed by atoms with Crippen molar-refractivity contribution in [2.24, 2.45) is 0 Å². The second kappa shape index (κ2) is 40.1. The molecule has 0 aromatic heterocycles. The van der Waals surface area contributed by atoms with Crippen molar-refractivity contribution in [1.82, 2.24) is 0 Å². The average molecular weight is 679 g/mol. The van der Waals surface area contributed by atoms with E-state index in [1.165, 1.54) is 167 Å². The smallest absolute Gasteiger partial charge is 0.306 e. The molecular formula is C43H82O5. The lowest BCUT2D eigenvalue weighted by Crippen LogP contribution is -2.28. The fourth-order valence-corrected chi connectivity index (χ4v) is 6.31. The third kappa shape index (κ3) is 37.5. The molecule has 5 nitrogen and oxygen atoms in total. The first-order valence-corrected chi connectivity index (χ1v) is 21.2. The number of carbonyl (C=O) groups excluding carboxylic acids is 2. The standard InChI is InChI=1S/C43H82O5/c1-3-5-7-9-11-13-15-17-19-21-23-25-27-29-31-33-35-37-42(45)47-40-41(39-44)48-43(46)38-36-34-32-30-28-26-24-22-20-18-16-14-12-10-8-6-4-2/h17,19,41,44H,3-16,18,20-40H2,1-2H3. The van der Waals surface area contributed by atoms with E-state index >= 15 is 0 Å². The molecule has 1 atom stereocenters. The number of ether oxygens (including phenoxy) is 2. The summed E-state index contributed by atoms with van der Waals surface area (Å²) in [5, 5.41) is 9.57. The van der Waals surface area contributed by atoms with Crippen molar-refractivity contribution in [1.29, 1.82) is 0 Å². The van der Waals surface area contributed by atoms with Gasteiger partial charge in [0.05, 0.1) is 6.61 Å². The van der Waals surface area contributed by atoms with Gasteiger partial charge in [-0.25, -0.2) is 0 Å². The Bertz CT molecular complexity index is 691. The minimum Gasteiger partial charge on any atom is -0.462 e. The molecule has 284 valence electrons. The second-order valence-electron chi connectivity index (χ2n) is 14.4. The van der Waals surface area contributed by atoms with Gasteiger partial charge in [0.1, 0.15) is 6.61 Å². The number of rotatable bonds is 39. The minimum atomic E-state index is -0.766. The number of aliphatic hydroxyl groups excluding tert-OH is 1. The van der Waals surface area contributed by atoms with Crippen molar-refractivity contribution in [2.75, 3.05) is 13.2 Å². The molecule has 0 saturated heterocycles. The summed E-state index contributed by atoms with van der Waals surface area (Å²) in [4.78, 5) is 24.3. The van der Waals surface area contributed by atoms with Gasteiger partial charge in [-0.2, -0.15) is 0 Å². The van der Waals surface area contributed by atoms with Crippen LogP contribution in [0.4, 0.5) is 0 Å². The van der Waals surface area contributed by atoms with Crippen molar-refractivity contribution in [3.05, 3.63) is 12.2 Å². The van der Waals surface area contributed by atoms with Crippen LogP contribution in [0.1, 0.15) is 232 Å². The van der Waals surface area contributed by atoms with E-state index in [1.807, 2.05) is 0 Å². The van der Waals surface area contributed by atoms with E-state index in [4.69, 9.17) is 9.47 Å². The molecule has 0 aliphatic carbocycles. The van der Waals surface area contributed by atoms with E-state index in [1.54, 1.807) is 0 Å². The molecule has 0 spiro atoms. The largest absolute Gasteiger partial charge is 0.462 e. The van der Waals surface area contributed by atoms with Crippen molar-refractivity contribution in [3.63, 3.8) is 0 Å². The zero-order valence-corrected chi connectivity index (χ0v) is 32.3. The highest BCUT2D eigenvalue weighted by Gasteiger charge is 2.16. The molecule has 0 bridgehead atoms. The van der Waals surface area contributed by atoms with Gasteiger partial charge in [-0.1, -0.05) is 193 Å². The highest BCUT2D eigenvalue weighted by Crippen LogP contribution is 2.15. The highest BCUT2D eigenvalue weighted by molar-refractivity contribution is 5.70. The van der Waals surface area contributed by atoms with Gasteiger partial charge in [-0.15, -0.1) is 0 Å². The first-order chi connectivity index (χ1) is 23.6. The van der Waals surface area contributed by atoms with Gasteiger partial charge < -0.3 is 14.6 Å². The van der Waals surface area contributed by atoms with Crippen LogP contribution in [-0.4, -0.2) is 36.4 Å². The second-order valence-corrected chi connectivity index (χ2v) is 14.4. The van der Waals surface area contributed by atoms with Crippen LogP contribution in [0.5, 0.6) is 0 Å². The summed E-state index contributed by atoms with van der Waals surface area (Å²) in [7, 11) is 0. The monoisotopic (exact) mass is 679 g/mol. The number of hydrogen-bond donors (Lipinski definition) is 1. The van der Waals surface area contributed by atoms with Crippen molar-refractivity contribution in [2.45, 2.75) is 238 Å². The van der Waals surface area contributed by atoms with E-state index in [-0.39, 0.29) is 25.2 Å². The van der Waals surface area contributed by atoms with Crippen molar-refractivity contribution in [3.8, 4) is 0 Å². The summed E-state index contributed by atoms with van der Waals surface area (Å²) in [5.41, 5.74) is 0. The number of carbonyl (C=O) groups is 2. The van der Waals surface area contributed by atoms with Crippen molar-refractivity contribution >= 4 is 11.9 Å². The lowest BCUT2D eigenvalue weighted by molar-refractivity contribution is -0.161. The fourth-order valence-electron chi connectivity index (χ4n) is 6.31. The predicted molar refractivity (Wildman–Crippen MR) is 205 cm³/mol. The Hall–Kier alpha value is -1.36. The summed E-state index contributed by atoms with van der Waals surface area (Å²) < 4.78 is 10.6. The topological polar surface area (TPSA) is 72.8 Å². The van der Waals surface area contributed by atoms with Crippen LogP contribution in [0.2, 0.25) is 0 Å².